The molecule has 0 atom stereocenters. The van der Waals surface area contributed by atoms with Gasteiger partial charge in [-0.2, -0.15) is 0 Å². The maximum atomic E-state index is 12.2. The monoisotopic (exact) mass is 327 g/mol. The van der Waals surface area contributed by atoms with Crippen LogP contribution in [0.25, 0.3) is 17.0 Å². The molecule has 8 heteroatoms. The van der Waals surface area contributed by atoms with Crippen molar-refractivity contribution < 1.29 is 4.42 Å². The summed E-state index contributed by atoms with van der Waals surface area (Å²) in [6.45, 7) is 0.140. The van der Waals surface area contributed by atoms with E-state index >= 15 is 0 Å². The Morgan fingerprint density at radius 2 is 2.17 bits per heavy atom. The van der Waals surface area contributed by atoms with Crippen molar-refractivity contribution in [3.05, 3.63) is 70.5 Å². The van der Waals surface area contributed by atoms with Crippen LogP contribution in [0.3, 0.4) is 0 Å². The van der Waals surface area contributed by atoms with Gasteiger partial charge in [0.2, 0.25) is 5.89 Å². The van der Waals surface area contributed by atoms with Crippen LogP contribution in [0.5, 0.6) is 0 Å². The quantitative estimate of drug-likeness (QED) is 0.576. The predicted molar refractivity (Wildman–Crippen MR) is 83.3 cm³/mol. The van der Waals surface area contributed by atoms with E-state index in [9.17, 15) is 4.79 Å². The van der Waals surface area contributed by atoms with Gasteiger partial charge in [0, 0.05) is 23.0 Å². The molecular formula is C15H10ClN5O2. The normalized spacial score (nSPS) is 11.2. The van der Waals surface area contributed by atoms with Crippen LogP contribution in [-0.4, -0.2) is 24.1 Å². The first-order valence-corrected chi connectivity index (χ1v) is 7.18. The highest BCUT2D eigenvalue weighted by Crippen LogP contribution is 2.23. The third kappa shape index (κ3) is 2.51. The van der Waals surface area contributed by atoms with Gasteiger partial charge in [-0.05, 0) is 12.1 Å². The standard InChI is InChI=1S/C15H10ClN5O2/c16-11-3-1-2-10(6-11)12-7-18-14(23-12)9-21-15(22)20-5-4-17-8-13(20)19-21/h1-8H,9H2. The first-order valence-electron chi connectivity index (χ1n) is 6.80. The van der Waals surface area contributed by atoms with Crippen molar-refractivity contribution in [2.24, 2.45) is 0 Å². The zero-order valence-electron chi connectivity index (χ0n) is 11.8. The predicted octanol–water partition coefficient (Wildman–Crippen LogP) is 2.25. The molecular weight excluding hydrogens is 318 g/mol. The number of aromatic nitrogens is 5. The fourth-order valence-corrected chi connectivity index (χ4v) is 2.46. The van der Waals surface area contributed by atoms with Crippen molar-refractivity contribution in [3.63, 3.8) is 0 Å². The molecule has 0 saturated heterocycles. The molecule has 7 nitrogen and oxygen atoms in total. The molecule has 0 aliphatic carbocycles. The molecule has 4 aromatic rings. The van der Waals surface area contributed by atoms with Gasteiger partial charge in [0.1, 0.15) is 6.54 Å². The fourth-order valence-electron chi connectivity index (χ4n) is 2.27. The number of hydrogen-bond donors (Lipinski definition) is 0. The van der Waals surface area contributed by atoms with E-state index in [-0.39, 0.29) is 12.2 Å². The van der Waals surface area contributed by atoms with E-state index in [4.69, 9.17) is 16.0 Å². The number of halogens is 1. The second-order valence-electron chi connectivity index (χ2n) is 4.87. The minimum absolute atomic E-state index is 0.140. The summed E-state index contributed by atoms with van der Waals surface area (Å²) in [5.74, 6) is 0.972. The number of fused-ring (bicyclic) bond motifs is 1. The molecule has 0 N–H and O–H groups in total. The highest BCUT2D eigenvalue weighted by atomic mass is 35.5. The average molecular weight is 328 g/mol. The van der Waals surface area contributed by atoms with Crippen LogP contribution in [0.1, 0.15) is 5.89 Å². The Balaban J connectivity index is 1.67. The molecule has 114 valence electrons. The largest absolute Gasteiger partial charge is 0.439 e. The Labute approximate surface area is 134 Å². The van der Waals surface area contributed by atoms with E-state index in [1.807, 2.05) is 12.1 Å². The summed E-state index contributed by atoms with van der Waals surface area (Å²) in [7, 11) is 0. The Morgan fingerprint density at radius 1 is 1.26 bits per heavy atom. The van der Waals surface area contributed by atoms with Crippen LogP contribution >= 0.6 is 11.6 Å². The van der Waals surface area contributed by atoms with E-state index in [1.165, 1.54) is 21.5 Å². The molecule has 1 aromatic carbocycles. The maximum absolute atomic E-state index is 12.2. The van der Waals surface area contributed by atoms with Crippen molar-refractivity contribution >= 4 is 17.2 Å². The van der Waals surface area contributed by atoms with Crippen LogP contribution < -0.4 is 5.69 Å². The van der Waals surface area contributed by atoms with Gasteiger partial charge in [0.05, 0.1) is 12.4 Å². The lowest BCUT2D eigenvalue weighted by Crippen LogP contribution is -2.21. The Morgan fingerprint density at radius 3 is 3.00 bits per heavy atom. The number of hydrogen-bond acceptors (Lipinski definition) is 5. The number of nitrogens with zero attached hydrogens (tertiary/aromatic N) is 5. The van der Waals surface area contributed by atoms with Crippen molar-refractivity contribution in [2.75, 3.05) is 0 Å². The molecule has 0 radical (unpaired) electrons. The minimum atomic E-state index is -0.273. The molecule has 0 amide bonds. The lowest BCUT2D eigenvalue weighted by Gasteiger charge is -1.97. The van der Waals surface area contributed by atoms with Crippen LogP contribution in [0.4, 0.5) is 0 Å². The molecule has 0 bridgehead atoms. The molecule has 3 heterocycles. The van der Waals surface area contributed by atoms with Crippen molar-refractivity contribution in [3.8, 4) is 11.3 Å². The molecule has 0 aliphatic rings. The van der Waals surface area contributed by atoms with Crippen LogP contribution in [0.2, 0.25) is 5.02 Å². The summed E-state index contributed by atoms with van der Waals surface area (Å²) >= 11 is 5.97. The summed E-state index contributed by atoms with van der Waals surface area (Å²) in [4.78, 5) is 20.3. The van der Waals surface area contributed by atoms with Crippen molar-refractivity contribution in [2.45, 2.75) is 6.54 Å². The van der Waals surface area contributed by atoms with Crippen molar-refractivity contribution in [1.82, 2.24) is 24.1 Å². The smallest absolute Gasteiger partial charge is 0.350 e. The van der Waals surface area contributed by atoms with Gasteiger partial charge in [-0.25, -0.2) is 18.9 Å². The number of oxazole rings is 1. The number of rotatable bonds is 3. The van der Waals surface area contributed by atoms with Gasteiger partial charge in [-0.15, -0.1) is 5.10 Å². The first kappa shape index (κ1) is 13.7. The Bertz CT molecular complexity index is 1050. The zero-order chi connectivity index (χ0) is 15.8. The SMILES string of the molecule is O=c1n(Cc2ncc(-c3cccc(Cl)c3)o2)nc2cnccn12. The maximum Gasteiger partial charge on any atom is 0.350 e. The zero-order valence-corrected chi connectivity index (χ0v) is 12.5. The molecule has 3 aromatic heterocycles. The van der Waals surface area contributed by atoms with Gasteiger partial charge in [0.15, 0.2) is 11.4 Å². The van der Waals surface area contributed by atoms with E-state index in [1.54, 1.807) is 24.5 Å². The highest BCUT2D eigenvalue weighted by molar-refractivity contribution is 6.30. The van der Waals surface area contributed by atoms with Gasteiger partial charge in [0.25, 0.3) is 0 Å². The molecule has 0 fully saturated rings. The van der Waals surface area contributed by atoms with Crippen LogP contribution in [0.15, 0.2) is 58.3 Å². The Kier molecular flexibility index (Phi) is 3.20. The summed E-state index contributed by atoms with van der Waals surface area (Å²) in [5.41, 5.74) is 1.02. The lowest BCUT2D eigenvalue weighted by atomic mass is 10.2. The molecule has 0 unspecified atom stereocenters. The van der Waals surface area contributed by atoms with Gasteiger partial charge in [-0.3, -0.25) is 4.98 Å². The summed E-state index contributed by atoms with van der Waals surface area (Å²) in [6, 6.07) is 7.28. The van der Waals surface area contributed by atoms with E-state index in [2.05, 4.69) is 15.1 Å². The highest BCUT2D eigenvalue weighted by Gasteiger charge is 2.11. The second-order valence-corrected chi connectivity index (χ2v) is 5.31. The van der Waals surface area contributed by atoms with Gasteiger partial charge >= 0.3 is 5.69 Å². The van der Waals surface area contributed by atoms with Crippen LogP contribution in [-0.2, 0) is 6.54 Å². The summed E-state index contributed by atoms with van der Waals surface area (Å²) in [5, 5.41) is 4.80. The summed E-state index contributed by atoms with van der Waals surface area (Å²) < 4.78 is 8.38. The first-order chi connectivity index (χ1) is 11.2. The summed E-state index contributed by atoms with van der Waals surface area (Å²) in [6.07, 6.45) is 6.21. The molecule has 0 saturated carbocycles. The van der Waals surface area contributed by atoms with Crippen molar-refractivity contribution in [1.29, 1.82) is 0 Å². The number of benzene rings is 1. The molecule has 23 heavy (non-hydrogen) atoms. The lowest BCUT2D eigenvalue weighted by molar-refractivity contribution is 0.469. The second kappa shape index (κ2) is 5.36. The van der Waals surface area contributed by atoms with E-state index in [0.29, 0.717) is 22.3 Å². The Hall–Kier alpha value is -2.93. The van der Waals surface area contributed by atoms with Gasteiger partial charge < -0.3 is 4.42 Å². The third-order valence-corrected chi connectivity index (χ3v) is 3.57. The van der Waals surface area contributed by atoms with Gasteiger partial charge in [-0.1, -0.05) is 23.7 Å². The molecule has 0 spiro atoms. The average Bonchev–Trinajstić information content (AvgIpc) is 3.14. The fraction of sp³-hybridized carbons (Fsp3) is 0.0667. The van der Waals surface area contributed by atoms with E-state index < -0.39 is 0 Å². The van der Waals surface area contributed by atoms with Crippen LogP contribution in [0, 0.1) is 0 Å². The third-order valence-electron chi connectivity index (χ3n) is 3.34. The molecule has 4 rings (SSSR count). The molecule has 0 aliphatic heterocycles. The van der Waals surface area contributed by atoms with E-state index in [0.717, 1.165) is 5.56 Å². The minimum Gasteiger partial charge on any atom is -0.439 e. The topological polar surface area (TPSA) is 78.2 Å².